The van der Waals surface area contributed by atoms with E-state index in [0.717, 1.165) is 31.0 Å². The van der Waals surface area contributed by atoms with Crippen molar-refractivity contribution < 1.29 is 0 Å². The van der Waals surface area contributed by atoms with E-state index in [1.807, 2.05) is 7.05 Å². The van der Waals surface area contributed by atoms with Crippen molar-refractivity contribution in [2.75, 3.05) is 25.0 Å². The molecular formula is C12H20N4. The van der Waals surface area contributed by atoms with Gasteiger partial charge in [0.2, 0.25) is 0 Å². The highest BCUT2D eigenvalue weighted by atomic mass is 15.3. The van der Waals surface area contributed by atoms with Crippen molar-refractivity contribution in [1.29, 1.82) is 0 Å². The monoisotopic (exact) mass is 220 g/mol. The zero-order valence-electron chi connectivity index (χ0n) is 10.3. The maximum absolute atomic E-state index is 4.34. The van der Waals surface area contributed by atoms with Crippen LogP contribution in [-0.2, 0) is 0 Å². The van der Waals surface area contributed by atoms with Crippen LogP contribution in [0.25, 0.3) is 0 Å². The Hall–Kier alpha value is -1.16. The number of aromatic nitrogens is 2. The molecule has 16 heavy (non-hydrogen) atoms. The molecule has 4 nitrogen and oxygen atoms in total. The third kappa shape index (κ3) is 2.16. The highest BCUT2D eigenvalue weighted by Crippen LogP contribution is 2.22. The summed E-state index contributed by atoms with van der Waals surface area (Å²) in [7, 11) is 2.01. The van der Waals surface area contributed by atoms with Gasteiger partial charge in [0.15, 0.2) is 0 Å². The van der Waals surface area contributed by atoms with Gasteiger partial charge in [0.25, 0.3) is 0 Å². The molecule has 1 unspecified atom stereocenters. The summed E-state index contributed by atoms with van der Waals surface area (Å²) in [4.78, 5) is 11.0. The molecule has 0 bridgehead atoms. The quantitative estimate of drug-likeness (QED) is 0.832. The highest BCUT2D eigenvalue weighted by Gasteiger charge is 2.26. The van der Waals surface area contributed by atoms with E-state index in [9.17, 15) is 0 Å². The first kappa shape index (κ1) is 11.3. The molecule has 2 rings (SSSR count). The molecule has 1 aliphatic rings. The molecule has 1 fully saturated rings. The van der Waals surface area contributed by atoms with E-state index in [-0.39, 0.29) is 0 Å². The summed E-state index contributed by atoms with van der Waals surface area (Å²) >= 11 is 0. The Balaban J connectivity index is 2.06. The fourth-order valence-corrected chi connectivity index (χ4v) is 1.86. The highest BCUT2D eigenvalue weighted by molar-refractivity contribution is 5.43. The van der Waals surface area contributed by atoms with Crippen LogP contribution in [0, 0.1) is 0 Å². The van der Waals surface area contributed by atoms with Crippen LogP contribution in [0.5, 0.6) is 0 Å². The molecule has 1 aromatic heterocycles. The lowest BCUT2D eigenvalue weighted by Crippen LogP contribution is -2.57. The molecule has 1 atom stereocenters. The molecule has 0 spiro atoms. The maximum atomic E-state index is 4.34. The molecule has 0 aromatic carbocycles. The SMILES string of the molecule is CCC(C)c1cc(N2CC(NC)C2)ncn1. The summed E-state index contributed by atoms with van der Waals surface area (Å²) in [6.45, 7) is 6.49. The lowest BCUT2D eigenvalue weighted by Gasteiger charge is -2.40. The van der Waals surface area contributed by atoms with Crippen LogP contribution in [-0.4, -0.2) is 36.1 Å². The summed E-state index contributed by atoms with van der Waals surface area (Å²) in [6.07, 6.45) is 2.80. The van der Waals surface area contributed by atoms with Crippen LogP contribution < -0.4 is 10.2 Å². The second kappa shape index (κ2) is 4.78. The number of rotatable bonds is 4. The van der Waals surface area contributed by atoms with Gasteiger partial charge in [-0.25, -0.2) is 9.97 Å². The van der Waals surface area contributed by atoms with Crippen molar-refractivity contribution in [3.63, 3.8) is 0 Å². The standard InChI is InChI=1S/C12H20N4/c1-4-9(2)11-5-12(15-8-14-11)16-6-10(7-16)13-3/h5,8-10,13H,4,6-7H2,1-3H3. The fraction of sp³-hybridized carbons (Fsp3) is 0.667. The Kier molecular flexibility index (Phi) is 3.39. The summed E-state index contributed by atoms with van der Waals surface area (Å²) in [5.74, 6) is 1.58. The van der Waals surface area contributed by atoms with Gasteiger partial charge in [0.1, 0.15) is 12.1 Å². The average Bonchev–Trinajstić information content (AvgIpc) is 2.27. The molecule has 1 N–H and O–H groups in total. The van der Waals surface area contributed by atoms with Crippen molar-refractivity contribution in [3.05, 3.63) is 18.1 Å². The van der Waals surface area contributed by atoms with Gasteiger partial charge in [-0.1, -0.05) is 13.8 Å². The number of nitrogens with zero attached hydrogens (tertiary/aromatic N) is 3. The van der Waals surface area contributed by atoms with Gasteiger partial charge < -0.3 is 10.2 Å². The lowest BCUT2D eigenvalue weighted by atomic mass is 10.0. The molecule has 1 aromatic rings. The van der Waals surface area contributed by atoms with Gasteiger partial charge in [-0.3, -0.25) is 0 Å². The van der Waals surface area contributed by atoms with Crippen LogP contribution in [0.3, 0.4) is 0 Å². The van der Waals surface area contributed by atoms with Crippen molar-refractivity contribution in [2.45, 2.75) is 32.2 Å². The number of likely N-dealkylation sites (N-methyl/N-ethyl adjacent to an activating group) is 1. The first-order valence-corrected chi connectivity index (χ1v) is 5.98. The molecule has 0 amide bonds. The summed E-state index contributed by atoms with van der Waals surface area (Å²) < 4.78 is 0. The third-order valence-corrected chi connectivity index (χ3v) is 3.40. The zero-order chi connectivity index (χ0) is 11.5. The Labute approximate surface area is 97.1 Å². The topological polar surface area (TPSA) is 41.0 Å². The molecule has 2 heterocycles. The van der Waals surface area contributed by atoms with Crippen LogP contribution in [0.2, 0.25) is 0 Å². The molecule has 88 valence electrons. The molecular weight excluding hydrogens is 200 g/mol. The van der Waals surface area contributed by atoms with Crippen molar-refractivity contribution >= 4 is 5.82 Å². The number of hydrogen-bond donors (Lipinski definition) is 1. The number of nitrogens with one attached hydrogen (secondary N) is 1. The van der Waals surface area contributed by atoms with E-state index in [4.69, 9.17) is 0 Å². The predicted molar refractivity (Wildman–Crippen MR) is 65.8 cm³/mol. The predicted octanol–water partition coefficient (Wildman–Crippen LogP) is 1.40. The average molecular weight is 220 g/mol. The van der Waals surface area contributed by atoms with Gasteiger partial charge in [-0.05, 0) is 19.4 Å². The Morgan fingerprint density at radius 1 is 1.50 bits per heavy atom. The van der Waals surface area contributed by atoms with E-state index in [2.05, 4.69) is 40.1 Å². The van der Waals surface area contributed by atoms with Gasteiger partial charge in [0, 0.05) is 30.9 Å². The molecule has 1 aliphatic heterocycles. The maximum Gasteiger partial charge on any atom is 0.132 e. The van der Waals surface area contributed by atoms with E-state index >= 15 is 0 Å². The minimum atomic E-state index is 0.517. The molecule has 1 saturated heterocycles. The van der Waals surface area contributed by atoms with E-state index < -0.39 is 0 Å². The molecule has 0 radical (unpaired) electrons. The molecule has 4 heteroatoms. The van der Waals surface area contributed by atoms with E-state index in [1.54, 1.807) is 6.33 Å². The van der Waals surface area contributed by atoms with Crippen molar-refractivity contribution in [2.24, 2.45) is 0 Å². The van der Waals surface area contributed by atoms with Crippen molar-refractivity contribution in [3.8, 4) is 0 Å². The largest absolute Gasteiger partial charge is 0.353 e. The second-order valence-electron chi connectivity index (χ2n) is 4.50. The Morgan fingerprint density at radius 3 is 2.88 bits per heavy atom. The Morgan fingerprint density at radius 2 is 2.25 bits per heavy atom. The summed E-state index contributed by atoms with van der Waals surface area (Å²) in [6, 6.07) is 2.74. The molecule has 0 saturated carbocycles. The second-order valence-corrected chi connectivity index (χ2v) is 4.50. The zero-order valence-corrected chi connectivity index (χ0v) is 10.3. The minimum absolute atomic E-state index is 0.517. The number of hydrogen-bond acceptors (Lipinski definition) is 4. The van der Waals surface area contributed by atoms with Crippen LogP contribution in [0.4, 0.5) is 5.82 Å². The number of anilines is 1. The van der Waals surface area contributed by atoms with E-state index in [1.165, 1.54) is 0 Å². The summed E-state index contributed by atoms with van der Waals surface area (Å²) in [5, 5.41) is 3.26. The first-order chi connectivity index (χ1) is 7.74. The molecule has 0 aliphatic carbocycles. The van der Waals surface area contributed by atoms with Gasteiger partial charge in [-0.15, -0.1) is 0 Å². The summed E-state index contributed by atoms with van der Waals surface area (Å²) in [5.41, 5.74) is 1.15. The minimum Gasteiger partial charge on any atom is -0.353 e. The van der Waals surface area contributed by atoms with Gasteiger partial charge in [0.05, 0.1) is 0 Å². The third-order valence-electron chi connectivity index (χ3n) is 3.40. The van der Waals surface area contributed by atoms with E-state index in [0.29, 0.717) is 12.0 Å². The van der Waals surface area contributed by atoms with Gasteiger partial charge in [-0.2, -0.15) is 0 Å². The normalized spacial score (nSPS) is 18.3. The Bertz CT molecular complexity index is 347. The van der Waals surface area contributed by atoms with Crippen LogP contribution >= 0.6 is 0 Å². The smallest absolute Gasteiger partial charge is 0.132 e. The van der Waals surface area contributed by atoms with Gasteiger partial charge >= 0.3 is 0 Å². The lowest BCUT2D eigenvalue weighted by molar-refractivity contribution is 0.446. The van der Waals surface area contributed by atoms with Crippen molar-refractivity contribution in [1.82, 2.24) is 15.3 Å². The van der Waals surface area contributed by atoms with Crippen LogP contribution in [0.1, 0.15) is 31.9 Å². The fourth-order valence-electron chi connectivity index (χ4n) is 1.86. The first-order valence-electron chi connectivity index (χ1n) is 5.98. The van der Waals surface area contributed by atoms with Crippen LogP contribution in [0.15, 0.2) is 12.4 Å².